The summed E-state index contributed by atoms with van der Waals surface area (Å²) < 4.78 is 10.9. The Kier molecular flexibility index (Phi) is 6.94. The van der Waals surface area contributed by atoms with E-state index in [4.69, 9.17) is 21.1 Å². The van der Waals surface area contributed by atoms with Crippen LogP contribution in [0.3, 0.4) is 0 Å². The fourth-order valence-electron chi connectivity index (χ4n) is 2.33. The maximum Gasteiger partial charge on any atom is 0.260 e. The van der Waals surface area contributed by atoms with E-state index in [1.807, 2.05) is 36.4 Å². The van der Waals surface area contributed by atoms with E-state index in [2.05, 4.69) is 5.32 Å². The molecule has 0 unspecified atom stereocenters. The zero-order valence-corrected chi connectivity index (χ0v) is 14.7. The molecule has 0 aliphatic heterocycles. The van der Waals surface area contributed by atoms with Crippen LogP contribution >= 0.6 is 11.6 Å². The molecular formula is C19H22ClNO3. The molecular weight excluding hydrogens is 326 g/mol. The van der Waals surface area contributed by atoms with Crippen LogP contribution in [0.15, 0.2) is 48.5 Å². The molecule has 0 aliphatic carbocycles. The molecule has 1 atom stereocenters. The number of methoxy groups -OCH3 is 1. The molecule has 0 heterocycles. The van der Waals surface area contributed by atoms with Gasteiger partial charge in [-0.25, -0.2) is 0 Å². The van der Waals surface area contributed by atoms with E-state index >= 15 is 0 Å². The summed E-state index contributed by atoms with van der Waals surface area (Å²) in [5.74, 6) is 1.23. The van der Waals surface area contributed by atoms with E-state index in [0.717, 1.165) is 24.2 Å². The first kappa shape index (κ1) is 18.1. The van der Waals surface area contributed by atoms with Crippen molar-refractivity contribution >= 4 is 17.5 Å². The number of carbonyl (C=O) groups is 1. The minimum atomic E-state index is -0.601. The van der Waals surface area contributed by atoms with Gasteiger partial charge in [0.25, 0.3) is 5.91 Å². The summed E-state index contributed by atoms with van der Waals surface area (Å²) in [4.78, 5) is 12.1. The number of para-hydroxylation sites is 2. The first-order valence-corrected chi connectivity index (χ1v) is 8.30. The van der Waals surface area contributed by atoms with Crippen molar-refractivity contribution in [1.29, 1.82) is 0 Å². The van der Waals surface area contributed by atoms with Crippen molar-refractivity contribution in [3.63, 3.8) is 0 Å². The summed E-state index contributed by atoms with van der Waals surface area (Å²) in [6.07, 6.45) is 1.06. The minimum Gasteiger partial charge on any atom is -0.496 e. The van der Waals surface area contributed by atoms with Gasteiger partial charge in [0.1, 0.15) is 11.5 Å². The Balaban J connectivity index is 1.75. The summed E-state index contributed by atoms with van der Waals surface area (Å²) in [7, 11) is 1.66. The summed E-state index contributed by atoms with van der Waals surface area (Å²) in [6, 6.07) is 15.0. The summed E-state index contributed by atoms with van der Waals surface area (Å²) in [6.45, 7) is 2.28. The van der Waals surface area contributed by atoms with Gasteiger partial charge >= 0.3 is 0 Å². The van der Waals surface area contributed by atoms with Gasteiger partial charge in [0, 0.05) is 6.54 Å². The Morgan fingerprint density at radius 3 is 2.50 bits per heavy atom. The number of carbonyl (C=O) groups excluding carboxylic acids is 1. The Hall–Kier alpha value is -2.20. The second kappa shape index (κ2) is 9.18. The van der Waals surface area contributed by atoms with Gasteiger partial charge in [-0.1, -0.05) is 41.9 Å². The van der Waals surface area contributed by atoms with Gasteiger partial charge in [-0.3, -0.25) is 4.79 Å². The standard InChI is InChI=1S/C19H22ClNO3/c1-14(24-18-12-6-4-10-16(18)20)19(22)21-13-7-9-15-8-3-5-11-17(15)23-2/h3-6,8,10-12,14H,7,9,13H2,1-2H3,(H,21,22)/t14-/m0/s1. The molecule has 1 N–H and O–H groups in total. The molecule has 0 spiro atoms. The Morgan fingerprint density at radius 2 is 1.79 bits per heavy atom. The van der Waals surface area contributed by atoms with Gasteiger partial charge in [-0.2, -0.15) is 0 Å². The predicted octanol–water partition coefficient (Wildman–Crippen LogP) is 3.86. The molecule has 0 fully saturated rings. The molecule has 0 saturated carbocycles. The number of hydrogen-bond donors (Lipinski definition) is 1. The van der Waals surface area contributed by atoms with Crippen LogP contribution in [0.25, 0.3) is 0 Å². The maximum atomic E-state index is 12.1. The normalized spacial score (nSPS) is 11.6. The van der Waals surface area contributed by atoms with Crippen LogP contribution in [0.4, 0.5) is 0 Å². The Morgan fingerprint density at radius 1 is 1.12 bits per heavy atom. The zero-order chi connectivity index (χ0) is 17.4. The van der Waals surface area contributed by atoms with E-state index in [0.29, 0.717) is 17.3 Å². The molecule has 2 rings (SSSR count). The third-order valence-electron chi connectivity index (χ3n) is 3.62. The van der Waals surface area contributed by atoms with Crippen molar-refractivity contribution < 1.29 is 14.3 Å². The molecule has 0 aromatic heterocycles. The van der Waals surface area contributed by atoms with E-state index in [9.17, 15) is 4.79 Å². The van der Waals surface area contributed by atoms with Gasteiger partial charge in [-0.05, 0) is 43.5 Å². The number of ether oxygens (including phenoxy) is 2. The maximum absolute atomic E-state index is 12.1. The molecule has 128 valence electrons. The van der Waals surface area contributed by atoms with Gasteiger partial charge in [0.15, 0.2) is 6.10 Å². The van der Waals surface area contributed by atoms with Crippen LogP contribution in [0.5, 0.6) is 11.5 Å². The molecule has 0 bridgehead atoms. The van der Waals surface area contributed by atoms with Crippen LogP contribution in [0.1, 0.15) is 18.9 Å². The van der Waals surface area contributed by atoms with E-state index < -0.39 is 6.10 Å². The average molecular weight is 348 g/mol. The highest BCUT2D eigenvalue weighted by molar-refractivity contribution is 6.32. The molecule has 5 heteroatoms. The molecule has 24 heavy (non-hydrogen) atoms. The van der Waals surface area contributed by atoms with Crippen molar-refractivity contribution in [2.24, 2.45) is 0 Å². The molecule has 0 saturated heterocycles. The quantitative estimate of drug-likeness (QED) is 0.737. The lowest BCUT2D eigenvalue weighted by Crippen LogP contribution is -2.37. The Bertz CT molecular complexity index is 675. The summed E-state index contributed by atoms with van der Waals surface area (Å²) in [5.41, 5.74) is 1.13. The fourth-order valence-corrected chi connectivity index (χ4v) is 2.51. The summed E-state index contributed by atoms with van der Waals surface area (Å²) in [5, 5.41) is 3.38. The number of benzene rings is 2. The third-order valence-corrected chi connectivity index (χ3v) is 3.94. The molecule has 0 radical (unpaired) electrons. The number of amides is 1. The van der Waals surface area contributed by atoms with Crippen LogP contribution in [0.2, 0.25) is 5.02 Å². The SMILES string of the molecule is COc1ccccc1CCCNC(=O)[C@H](C)Oc1ccccc1Cl. The smallest absolute Gasteiger partial charge is 0.260 e. The number of hydrogen-bond acceptors (Lipinski definition) is 3. The van der Waals surface area contributed by atoms with E-state index in [1.165, 1.54) is 0 Å². The Labute approximate surface area is 147 Å². The minimum absolute atomic E-state index is 0.157. The lowest BCUT2D eigenvalue weighted by Gasteiger charge is -2.15. The van der Waals surface area contributed by atoms with Crippen molar-refractivity contribution in [2.45, 2.75) is 25.9 Å². The highest BCUT2D eigenvalue weighted by atomic mass is 35.5. The van der Waals surface area contributed by atoms with Crippen LogP contribution < -0.4 is 14.8 Å². The number of nitrogens with one attached hydrogen (secondary N) is 1. The highest BCUT2D eigenvalue weighted by Crippen LogP contribution is 2.24. The topological polar surface area (TPSA) is 47.6 Å². The monoisotopic (exact) mass is 347 g/mol. The largest absolute Gasteiger partial charge is 0.496 e. The molecule has 2 aromatic carbocycles. The third kappa shape index (κ3) is 5.17. The van der Waals surface area contributed by atoms with Crippen LogP contribution in [-0.4, -0.2) is 25.7 Å². The first-order chi connectivity index (χ1) is 11.6. The van der Waals surface area contributed by atoms with Gasteiger partial charge in [0.05, 0.1) is 12.1 Å². The average Bonchev–Trinajstić information content (AvgIpc) is 2.60. The van der Waals surface area contributed by atoms with Gasteiger partial charge in [0.2, 0.25) is 0 Å². The van der Waals surface area contributed by atoms with E-state index in [-0.39, 0.29) is 5.91 Å². The van der Waals surface area contributed by atoms with Gasteiger partial charge < -0.3 is 14.8 Å². The van der Waals surface area contributed by atoms with Crippen molar-refractivity contribution in [2.75, 3.05) is 13.7 Å². The van der Waals surface area contributed by atoms with Gasteiger partial charge in [-0.15, -0.1) is 0 Å². The lowest BCUT2D eigenvalue weighted by molar-refractivity contribution is -0.127. The predicted molar refractivity (Wildman–Crippen MR) is 95.9 cm³/mol. The van der Waals surface area contributed by atoms with E-state index in [1.54, 1.807) is 26.2 Å². The molecule has 1 amide bonds. The zero-order valence-electron chi connectivity index (χ0n) is 13.9. The number of halogens is 1. The van der Waals surface area contributed by atoms with Crippen LogP contribution in [0, 0.1) is 0 Å². The van der Waals surface area contributed by atoms with Crippen LogP contribution in [-0.2, 0) is 11.2 Å². The molecule has 0 aliphatic rings. The summed E-state index contributed by atoms with van der Waals surface area (Å²) >= 11 is 6.03. The van der Waals surface area contributed by atoms with Crippen molar-refractivity contribution in [3.05, 3.63) is 59.1 Å². The second-order valence-electron chi connectivity index (χ2n) is 5.40. The highest BCUT2D eigenvalue weighted by Gasteiger charge is 2.15. The van der Waals surface area contributed by atoms with Crippen molar-refractivity contribution in [3.8, 4) is 11.5 Å². The molecule has 4 nitrogen and oxygen atoms in total. The lowest BCUT2D eigenvalue weighted by atomic mass is 10.1. The second-order valence-corrected chi connectivity index (χ2v) is 5.80. The first-order valence-electron chi connectivity index (χ1n) is 7.92. The molecule has 2 aromatic rings. The van der Waals surface area contributed by atoms with Crippen molar-refractivity contribution in [1.82, 2.24) is 5.32 Å². The number of rotatable bonds is 8. The number of aryl methyl sites for hydroxylation is 1. The fraction of sp³-hybridized carbons (Fsp3) is 0.316.